The summed E-state index contributed by atoms with van der Waals surface area (Å²) in [5, 5.41) is 2.86. The summed E-state index contributed by atoms with van der Waals surface area (Å²) < 4.78 is 5.38. The van der Waals surface area contributed by atoms with Gasteiger partial charge in [-0.1, -0.05) is 24.3 Å². The molecule has 0 bridgehead atoms. The number of hydrogen-bond acceptors (Lipinski definition) is 3. The van der Waals surface area contributed by atoms with E-state index in [1.54, 1.807) is 0 Å². The Morgan fingerprint density at radius 1 is 1.28 bits per heavy atom. The van der Waals surface area contributed by atoms with Crippen LogP contribution in [0.25, 0.3) is 0 Å². The molecule has 1 aliphatic carbocycles. The molecule has 0 unspecified atom stereocenters. The predicted molar refractivity (Wildman–Crippen MR) is 66.9 cm³/mol. The first-order valence-electron chi connectivity index (χ1n) is 6.10. The molecular weight excluding hydrogens is 230 g/mol. The van der Waals surface area contributed by atoms with Gasteiger partial charge in [0.25, 0.3) is 0 Å². The zero-order valence-electron chi connectivity index (χ0n) is 10.6. The van der Waals surface area contributed by atoms with E-state index in [2.05, 4.69) is 5.32 Å². The van der Waals surface area contributed by atoms with Gasteiger partial charge < -0.3 is 10.1 Å². The third kappa shape index (κ3) is 2.70. The molecule has 0 heterocycles. The van der Waals surface area contributed by atoms with Crippen molar-refractivity contribution in [2.75, 3.05) is 0 Å². The number of benzene rings is 1. The Kier molecular flexibility index (Phi) is 3.65. The van der Waals surface area contributed by atoms with Crippen LogP contribution in [0.5, 0.6) is 0 Å². The number of esters is 1. The monoisotopic (exact) mass is 247 g/mol. The van der Waals surface area contributed by atoms with Gasteiger partial charge in [0.1, 0.15) is 6.10 Å². The molecule has 2 atom stereocenters. The number of hydrogen-bond donors (Lipinski definition) is 1. The van der Waals surface area contributed by atoms with Gasteiger partial charge in [-0.25, -0.2) is 0 Å². The molecule has 0 radical (unpaired) electrons. The summed E-state index contributed by atoms with van der Waals surface area (Å²) >= 11 is 0. The molecule has 1 N–H and O–H groups in total. The summed E-state index contributed by atoms with van der Waals surface area (Å²) in [6.07, 6.45) is 1.30. The Morgan fingerprint density at radius 2 is 2.00 bits per heavy atom. The van der Waals surface area contributed by atoms with Crippen LogP contribution < -0.4 is 5.32 Å². The van der Waals surface area contributed by atoms with Crippen molar-refractivity contribution in [2.24, 2.45) is 0 Å². The van der Waals surface area contributed by atoms with Crippen molar-refractivity contribution in [3.63, 3.8) is 0 Å². The molecule has 18 heavy (non-hydrogen) atoms. The highest BCUT2D eigenvalue weighted by molar-refractivity contribution is 5.73. The molecule has 2 rings (SSSR count). The fourth-order valence-electron chi connectivity index (χ4n) is 2.45. The molecule has 4 nitrogen and oxygen atoms in total. The Hall–Kier alpha value is -1.84. The standard InChI is InChI=1S/C14H17NO3/c1-9(16)15-13-8-7-11-5-3-4-6-12(11)14(13)18-10(2)17/h3-6,13-14H,7-8H2,1-2H3,(H,15,16)/t13-,14+/m1/s1. The second-order valence-electron chi connectivity index (χ2n) is 4.57. The van der Waals surface area contributed by atoms with Crippen molar-refractivity contribution in [3.8, 4) is 0 Å². The summed E-state index contributed by atoms with van der Waals surface area (Å²) in [7, 11) is 0. The second-order valence-corrected chi connectivity index (χ2v) is 4.57. The van der Waals surface area contributed by atoms with Gasteiger partial charge >= 0.3 is 5.97 Å². The SMILES string of the molecule is CC(=O)N[C@@H]1CCc2ccccc2[C@@H]1OC(C)=O. The van der Waals surface area contributed by atoms with Gasteiger partial charge in [0.05, 0.1) is 6.04 Å². The van der Waals surface area contributed by atoms with Gasteiger partial charge in [-0.05, 0) is 24.0 Å². The fraction of sp³-hybridized carbons (Fsp3) is 0.429. The number of ether oxygens (including phenoxy) is 1. The molecule has 0 spiro atoms. The highest BCUT2D eigenvalue weighted by Crippen LogP contribution is 2.32. The number of amides is 1. The van der Waals surface area contributed by atoms with Gasteiger partial charge in [0, 0.05) is 13.8 Å². The van der Waals surface area contributed by atoms with Crippen molar-refractivity contribution in [3.05, 3.63) is 35.4 Å². The van der Waals surface area contributed by atoms with E-state index in [-0.39, 0.29) is 24.0 Å². The lowest BCUT2D eigenvalue weighted by atomic mass is 9.85. The van der Waals surface area contributed by atoms with Crippen LogP contribution in [0.4, 0.5) is 0 Å². The maximum absolute atomic E-state index is 11.2. The van der Waals surface area contributed by atoms with Crippen LogP contribution in [-0.4, -0.2) is 17.9 Å². The molecule has 0 aromatic heterocycles. The number of carbonyl (C=O) groups excluding carboxylic acids is 2. The quantitative estimate of drug-likeness (QED) is 0.810. The van der Waals surface area contributed by atoms with Crippen LogP contribution >= 0.6 is 0 Å². The number of aryl methyl sites for hydroxylation is 1. The number of fused-ring (bicyclic) bond motifs is 1. The first kappa shape index (κ1) is 12.6. The highest BCUT2D eigenvalue weighted by atomic mass is 16.5. The largest absolute Gasteiger partial charge is 0.455 e. The van der Waals surface area contributed by atoms with E-state index in [1.807, 2.05) is 24.3 Å². The second kappa shape index (κ2) is 5.21. The molecule has 1 amide bonds. The Bertz CT molecular complexity index is 470. The first-order valence-corrected chi connectivity index (χ1v) is 6.10. The Morgan fingerprint density at radius 3 is 2.67 bits per heavy atom. The summed E-state index contributed by atoms with van der Waals surface area (Å²) in [5.41, 5.74) is 2.18. The molecular formula is C14H17NO3. The predicted octanol–water partition coefficient (Wildman–Crippen LogP) is 1.74. The maximum Gasteiger partial charge on any atom is 0.303 e. The topological polar surface area (TPSA) is 55.4 Å². The molecule has 1 aromatic carbocycles. The van der Waals surface area contributed by atoms with E-state index in [0.717, 1.165) is 18.4 Å². The van der Waals surface area contributed by atoms with Gasteiger partial charge in [-0.3, -0.25) is 9.59 Å². The highest BCUT2D eigenvalue weighted by Gasteiger charge is 2.32. The molecule has 0 saturated heterocycles. The van der Waals surface area contributed by atoms with Crippen LogP contribution in [0.15, 0.2) is 24.3 Å². The van der Waals surface area contributed by atoms with Crippen molar-refractivity contribution in [2.45, 2.75) is 38.8 Å². The Labute approximate surface area is 106 Å². The zero-order valence-corrected chi connectivity index (χ0v) is 10.6. The van der Waals surface area contributed by atoms with Crippen LogP contribution in [0.3, 0.4) is 0 Å². The molecule has 96 valence electrons. The maximum atomic E-state index is 11.2. The summed E-state index contributed by atoms with van der Waals surface area (Å²) in [6, 6.07) is 7.75. The number of carbonyl (C=O) groups is 2. The van der Waals surface area contributed by atoms with Crippen LogP contribution in [0.1, 0.15) is 37.5 Å². The van der Waals surface area contributed by atoms with Crippen molar-refractivity contribution in [1.82, 2.24) is 5.32 Å². The normalized spacial score (nSPS) is 21.9. The lowest BCUT2D eigenvalue weighted by Crippen LogP contribution is -2.42. The minimum atomic E-state index is -0.378. The smallest absolute Gasteiger partial charge is 0.303 e. The van der Waals surface area contributed by atoms with E-state index >= 15 is 0 Å². The first-order chi connectivity index (χ1) is 8.58. The molecule has 1 aliphatic rings. The summed E-state index contributed by atoms with van der Waals surface area (Å²) in [4.78, 5) is 22.4. The van der Waals surface area contributed by atoms with Crippen LogP contribution in [0, 0.1) is 0 Å². The van der Waals surface area contributed by atoms with E-state index in [1.165, 1.54) is 19.4 Å². The van der Waals surface area contributed by atoms with Crippen molar-refractivity contribution >= 4 is 11.9 Å². The van der Waals surface area contributed by atoms with Gasteiger partial charge in [0.2, 0.25) is 5.91 Å². The molecule has 0 fully saturated rings. The van der Waals surface area contributed by atoms with Gasteiger partial charge in [-0.2, -0.15) is 0 Å². The van der Waals surface area contributed by atoms with E-state index in [4.69, 9.17) is 4.74 Å². The Balaban J connectivity index is 2.30. The number of nitrogens with one attached hydrogen (secondary N) is 1. The average Bonchev–Trinajstić information content (AvgIpc) is 2.31. The molecule has 1 aromatic rings. The fourth-order valence-corrected chi connectivity index (χ4v) is 2.45. The average molecular weight is 247 g/mol. The van der Waals surface area contributed by atoms with Gasteiger partial charge in [0.15, 0.2) is 0 Å². The lowest BCUT2D eigenvalue weighted by Gasteiger charge is -2.33. The van der Waals surface area contributed by atoms with Crippen LogP contribution in [-0.2, 0) is 20.7 Å². The van der Waals surface area contributed by atoms with Crippen molar-refractivity contribution in [1.29, 1.82) is 0 Å². The van der Waals surface area contributed by atoms with E-state index in [0.29, 0.717) is 0 Å². The third-order valence-corrected chi connectivity index (χ3v) is 3.13. The minimum Gasteiger partial charge on any atom is -0.455 e. The van der Waals surface area contributed by atoms with Crippen molar-refractivity contribution < 1.29 is 14.3 Å². The molecule has 4 heteroatoms. The van der Waals surface area contributed by atoms with E-state index in [9.17, 15) is 9.59 Å². The lowest BCUT2D eigenvalue weighted by molar-refractivity contribution is -0.149. The third-order valence-electron chi connectivity index (χ3n) is 3.13. The number of rotatable bonds is 2. The minimum absolute atomic E-state index is 0.100. The van der Waals surface area contributed by atoms with Crippen LogP contribution in [0.2, 0.25) is 0 Å². The van der Waals surface area contributed by atoms with Gasteiger partial charge in [-0.15, -0.1) is 0 Å². The molecule has 0 saturated carbocycles. The zero-order chi connectivity index (χ0) is 13.1. The summed E-state index contributed by atoms with van der Waals surface area (Å²) in [6.45, 7) is 2.87. The van der Waals surface area contributed by atoms with E-state index < -0.39 is 0 Å². The molecule has 0 aliphatic heterocycles. The summed E-state index contributed by atoms with van der Waals surface area (Å²) in [5.74, 6) is -0.427.